The molecule has 0 aromatic heterocycles. The van der Waals surface area contributed by atoms with Gasteiger partial charge >= 0.3 is 0 Å². The summed E-state index contributed by atoms with van der Waals surface area (Å²) in [5.74, 6) is -1.79. The molecule has 5 amide bonds. The van der Waals surface area contributed by atoms with E-state index in [4.69, 9.17) is 0 Å². The van der Waals surface area contributed by atoms with Gasteiger partial charge in [0.2, 0.25) is 17.7 Å². The number of hydrogen-bond acceptors (Lipinski definition) is 6. The van der Waals surface area contributed by atoms with E-state index in [1.807, 2.05) is 60.7 Å². The van der Waals surface area contributed by atoms with Crippen molar-refractivity contribution in [1.82, 2.24) is 5.32 Å². The number of carbonyl (C=O) groups is 5. The Labute approximate surface area is 293 Å². The van der Waals surface area contributed by atoms with Crippen LogP contribution >= 0.6 is 11.8 Å². The number of rotatable bonds is 10. The normalized spacial score (nSPS) is 14.3. The van der Waals surface area contributed by atoms with Crippen molar-refractivity contribution in [2.75, 3.05) is 15.5 Å². The number of thioether (sulfide) groups is 1. The summed E-state index contributed by atoms with van der Waals surface area (Å²) in [4.78, 5) is 65.9. The van der Waals surface area contributed by atoms with Gasteiger partial charge in [0, 0.05) is 35.2 Å². The van der Waals surface area contributed by atoms with E-state index in [-0.39, 0.29) is 29.8 Å². The number of hydrogen-bond donors (Lipinski definition) is 3. The first kappa shape index (κ1) is 33.6. The lowest BCUT2D eigenvalue weighted by Gasteiger charge is -2.15. The third-order valence-corrected chi connectivity index (χ3v) is 9.00. The van der Waals surface area contributed by atoms with Crippen molar-refractivity contribution in [3.8, 4) is 11.1 Å². The maximum atomic E-state index is 13.6. The molecule has 6 rings (SSSR count). The maximum Gasteiger partial charge on any atom is 0.272 e. The van der Waals surface area contributed by atoms with Crippen LogP contribution in [0, 0.1) is 0 Å². The van der Waals surface area contributed by atoms with E-state index in [9.17, 15) is 24.0 Å². The van der Waals surface area contributed by atoms with Gasteiger partial charge in [-0.3, -0.25) is 24.0 Å². The van der Waals surface area contributed by atoms with Crippen LogP contribution in [0.15, 0.2) is 144 Å². The Bertz CT molecular complexity index is 2070. The number of imide groups is 1. The van der Waals surface area contributed by atoms with E-state index >= 15 is 0 Å². The molecule has 0 radical (unpaired) electrons. The van der Waals surface area contributed by atoms with Gasteiger partial charge < -0.3 is 16.0 Å². The number of nitrogens with zero attached hydrogens (tertiary/aromatic N) is 1. The zero-order valence-electron chi connectivity index (χ0n) is 27.0. The molecule has 1 fully saturated rings. The highest BCUT2D eigenvalue weighted by atomic mass is 32.2. The summed E-state index contributed by atoms with van der Waals surface area (Å²) in [6, 6.07) is 39.7. The van der Waals surface area contributed by atoms with E-state index < -0.39 is 17.1 Å². The van der Waals surface area contributed by atoms with Gasteiger partial charge in [0.05, 0.1) is 10.9 Å². The van der Waals surface area contributed by atoms with Crippen LogP contribution in [0.2, 0.25) is 0 Å². The van der Waals surface area contributed by atoms with E-state index in [1.54, 1.807) is 78.9 Å². The molecule has 1 saturated heterocycles. The van der Waals surface area contributed by atoms with Crippen LogP contribution in [0.4, 0.5) is 17.1 Å². The van der Waals surface area contributed by atoms with Crippen LogP contribution < -0.4 is 20.9 Å². The minimum Gasteiger partial charge on any atom is -0.326 e. The summed E-state index contributed by atoms with van der Waals surface area (Å²) in [6.45, 7) is 1.40. The molecule has 0 spiro atoms. The number of carbonyl (C=O) groups excluding carboxylic acids is 5. The second-order valence-corrected chi connectivity index (χ2v) is 12.7. The van der Waals surface area contributed by atoms with Crippen molar-refractivity contribution in [3.63, 3.8) is 0 Å². The molecular formula is C40H32N4O5S. The molecule has 10 heteroatoms. The Morgan fingerprint density at radius 1 is 0.700 bits per heavy atom. The van der Waals surface area contributed by atoms with Crippen LogP contribution in [0.5, 0.6) is 0 Å². The highest BCUT2D eigenvalue weighted by molar-refractivity contribution is 8.00. The molecule has 5 aromatic rings. The fraction of sp³-hybridized carbons (Fsp3) is 0.0750. The molecule has 1 aliphatic heterocycles. The van der Waals surface area contributed by atoms with Crippen LogP contribution in [-0.4, -0.2) is 34.8 Å². The Morgan fingerprint density at radius 2 is 1.28 bits per heavy atom. The standard InChI is InChI=1S/C40H32N4O5S/c1-26(45)41-31-16-20-33(21-17-31)44-37(46)25-36(40(44)49)50-34-22-18-32(19-23-34)42-39(48)35(43-38(47)30-10-6-3-7-11-30)24-27-12-14-29(15-13-27)28-8-4-2-5-9-28/h2-24,36H,25H2,1H3,(H,41,45)(H,42,48)(H,43,47)/b35-24-. The summed E-state index contributed by atoms with van der Waals surface area (Å²) < 4.78 is 0. The lowest BCUT2D eigenvalue weighted by molar-refractivity contribution is -0.121. The second-order valence-electron chi connectivity index (χ2n) is 11.5. The monoisotopic (exact) mass is 680 g/mol. The number of anilines is 3. The topological polar surface area (TPSA) is 125 Å². The van der Waals surface area contributed by atoms with Gasteiger partial charge in [-0.2, -0.15) is 0 Å². The quantitative estimate of drug-likeness (QED) is 0.106. The van der Waals surface area contributed by atoms with Gasteiger partial charge in [-0.25, -0.2) is 4.90 Å². The predicted octanol–water partition coefficient (Wildman–Crippen LogP) is 7.15. The Kier molecular flexibility index (Phi) is 10.3. The Balaban J connectivity index is 1.14. The number of benzene rings is 5. The van der Waals surface area contributed by atoms with Gasteiger partial charge in [0.15, 0.2) is 0 Å². The smallest absolute Gasteiger partial charge is 0.272 e. The fourth-order valence-corrected chi connectivity index (χ4v) is 6.41. The average Bonchev–Trinajstić information content (AvgIpc) is 3.41. The summed E-state index contributed by atoms with van der Waals surface area (Å²) in [5.41, 5.74) is 4.77. The lowest BCUT2D eigenvalue weighted by Crippen LogP contribution is -2.31. The largest absolute Gasteiger partial charge is 0.326 e. The van der Waals surface area contributed by atoms with Crippen molar-refractivity contribution < 1.29 is 24.0 Å². The van der Waals surface area contributed by atoms with Gasteiger partial charge in [0.25, 0.3) is 11.8 Å². The molecule has 50 heavy (non-hydrogen) atoms. The SMILES string of the molecule is CC(=O)Nc1ccc(N2C(=O)CC(Sc3ccc(NC(=O)/C(=C/c4ccc(-c5ccccc5)cc4)NC(=O)c4ccccc4)cc3)C2=O)cc1. The summed E-state index contributed by atoms with van der Waals surface area (Å²) in [5, 5.41) is 7.66. The van der Waals surface area contributed by atoms with Gasteiger partial charge in [0.1, 0.15) is 5.70 Å². The Morgan fingerprint density at radius 3 is 1.92 bits per heavy atom. The van der Waals surface area contributed by atoms with Gasteiger partial charge in [-0.05, 0) is 83.4 Å². The summed E-state index contributed by atoms with van der Waals surface area (Å²) >= 11 is 1.26. The van der Waals surface area contributed by atoms with Crippen molar-refractivity contribution in [2.24, 2.45) is 0 Å². The maximum absolute atomic E-state index is 13.6. The van der Waals surface area contributed by atoms with Crippen molar-refractivity contribution >= 4 is 64.4 Å². The molecule has 248 valence electrons. The fourth-order valence-electron chi connectivity index (χ4n) is 5.36. The van der Waals surface area contributed by atoms with Crippen LogP contribution in [0.3, 0.4) is 0 Å². The average molecular weight is 681 g/mol. The molecular weight excluding hydrogens is 649 g/mol. The minimum absolute atomic E-state index is 0.0387. The molecule has 3 N–H and O–H groups in total. The van der Waals surface area contributed by atoms with E-state index in [1.165, 1.54) is 18.7 Å². The first-order chi connectivity index (χ1) is 24.2. The van der Waals surface area contributed by atoms with Crippen LogP contribution in [-0.2, 0) is 19.2 Å². The van der Waals surface area contributed by atoms with Gasteiger partial charge in [-0.15, -0.1) is 11.8 Å². The first-order valence-electron chi connectivity index (χ1n) is 15.8. The third kappa shape index (κ3) is 8.23. The highest BCUT2D eigenvalue weighted by Crippen LogP contribution is 2.35. The van der Waals surface area contributed by atoms with Gasteiger partial charge in [-0.1, -0.05) is 72.8 Å². The van der Waals surface area contributed by atoms with Crippen LogP contribution in [0.25, 0.3) is 17.2 Å². The van der Waals surface area contributed by atoms with Crippen molar-refractivity contribution in [1.29, 1.82) is 0 Å². The van der Waals surface area contributed by atoms with E-state index in [0.717, 1.165) is 26.5 Å². The number of nitrogens with one attached hydrogen (secondary N) is 3. The Hall–Kier alpha value is -6.26. The molecule has 1 aliphatic rings. The molecule has 0 bridgehead atoms. The van der Waals surface area contributed by atoms with E-state index in [2.05, 4.69) is 16.0 Å². The second kappa shape index (κ2) is 15.3. The van der Waals surface area contributed by atoms with Crippen molar-refractivity contribution in [3.05, 3.63) is 150 Å². The summed E-state index contributed by atoms with van der Waals surface area (Å²) in [7, 11) is 0. The molecule has 0 saturated carbocycles. The molecule has 5 aromatic carbocycles. The predicted molar refractivity (Wildman–Crippen MR) is 196 cm³/mol. The molecule has 1 atom stereocenters. The highest BCUT2D eigenvalue weighted by Gasteiger charge is 2.40. The zero-order valence-corrected chi connectivity index (χ0v) is 27.8. The van der Waals surface area contributed by atoms with Crippen LogP contribution in [0.1, 0.15) is 29.3 Å². The zero-order chi connectivity index (χ0) is 35.0. The van der Waals surface area contributed by atoms with Crippen molar-refractivity contribution in [2.45, 2.75) is 23.5 Å². The number of amides is 5. The first-order valence-corrected chi connectivity index (χ1v) is 16.7. The molecule has 1 heterocycles. The minimum atomic E-state index is -0.617. The van der Waals surface area contributed by atoms with E-state index in [0.29, 0.717) is 22.6 Å². The molecule has 9 nitrogen and oxygen atoms in total. The molecule has 1 unspecified atom stereocenters. The third-order valence-electron chi connectivity index (χ3n) is 7.80. The molecule has 0 aliphatic carbocycles. The summed E-state index contributed by atoms with van der Waals surface area (Å²) in [6.07, 6.45) is 1.66. The lowest BCUT2D eigenvalue weighted by atomic mass is 10.0.